The van der Waals surface area contributed by atoms with Crippen LogP contribution < -0.4 is 5.32 Å². The highest BCUT2D eigenvalue weighted by Gasteiger charge is 2.31. The molecule has 3 aromatic rings. The zero-order chi connectivity index (χ0) is 28.9. The molecule has 2 saturated heterocycles. The second-order valence-electron chi connectivity index (χ2n) is 12.1. The highest BCUT2D eigenvalue weighted by molar-refractivity contribution is 5.98. The number of carbonyl (C=O) groups is 2. The van der Waals surface area contributed by atoms with E-state index in [0.29, 0.717) is 17.5 Å². The van der Waals surface area contributed by atoms with E-state index in [0.717, 1.165) is 62.3 Å². The Morgan fingerprint density at radius 1 is 1.02 bits per heavy atom. The number of aromatic nitrogens is 2. The first-order chi connectivity index (χ1) is 19.8. The van der Waals surface area contributed by atoms with Crippen LogP contribution in [0.5, 0.6) is 0 Å². The largest absolute Gasteiger partial charge is 0.339 e. The summed E-state index contributed by atoms with van der Waals surface area (Å²) in [6.45, 7) is 9.75. The van der Waals surface area contributed by atoms with Crippen molar-refractivity contribution in [1.82, 2.24) is 19.6 Å². The van der Waals surface area contributed by atoms with Gasteiger partial charge in [0.05, 0.1) is 12.1 Å². The number of likely N-dealkylation sites (tertiary alicyclic amines) is 2. The summed E-state index contributed by atoms with van der Waals surface area (Å²) in [7, 11) is 1.93. The Morgan fingerprint density at radius 3 is 2.46 bits per heavy atom. The number of carbonyl (C=O) groups excluding carboxylic acids is 2. The predicted octanol–water partition coefficient (Wildman–Crippen LogP) is 6.25. The van der Waals surface area contributed by atoms with Crippen molar-refractivity contribution in [2.45, 2.75) is 71.3 Å². The number of nitrogens with zero attached hydrogens (tertiary/aromatic N) is 4. The molecule has 1 aromatic heterocycles. The van der Waals surface area contributed by atoms with Gasteiger partial charge in [0.15, 0.2) is 0 Å². The van der Waals surface area contributed by atoms with Gasteiger partial charge in [-0.05, 0) is 80.8 Å². The number of hydrogen-bond donors (Lipinski definition) is 1. The first-order valence-corrected chi connectivity index (χ1v) is 15.4. The van der Waals surface area contributed by atoms with Crippen molar-refractivity contribution in [3.05, 3.63) is 71.5 Å². The van der Waals surface area contributed by atoms with Crippen molar-refractivity contribution in [3.8, 4) is 11.1 Å². The van der Waals surface area contributed by atoms with Crippen molar-refractivity contribution in [3.63, 3.8) is 0 Å². The minimum absolute atomic E-state index is 0.00436. The fourth-order valence-electron chi connectivity index (χ4n) is 6.32. The van der Waals surface area contributed by atoms with Crippen molar-refractivity contribution in [2.75, 3.05) is 31.5 Å². The molecule has 2 fully saturated rings. The van der Waals surface area contributed by atoms with Crippen LogP contribution in [0.15, 0.2) is 54.9 Å². The highest BCUT2D eigenvalue weighted by atomic mass is 16.2. The Hall–Kier alpha value is -3.45. The molecular weight excluding hydrogens is 510 g/mol. The van der Waals surface area contributed by atoms with E-state index in [1.807, 2.05) is 54.1 Å². The number of amides is 2. The Labute approximate surface area is 244 Å². The van der Waals surface area contributed by atoms with Crippen LogP contribution in [-0.4, -0.2) is 63.6 Å². The van der Waals surface area contributed by atoms with Crippen molar-refractivity contribution in [2.24, 2.45) is 13.0 Å². The third-order valence-corrected chi connectivity index (χ3v) is 9.13. The Bertz CT molecular complexity index is 1340. The standard InChI is InChI=1S/C34H45N5O2/c1-5-6-7-25(3)39-19-16-30(23-39)33(40)36-32-20-29(9-8-24(32)2)34(41)38-17-14-28(15-18-38)26-10-12-27(13-11-26)31-21-35-37(4)22-31/h8-13,20-22,25,28,30H,5-7,14-19,23H2,1-4H3,(H,36,40). The monoisotopic (exact) mass is 555 g/mol. The fourth-order valence-corrected chi connectivity index (χ4v) is 6.32. The summed E-state index contributed by atoms with van der Waals surface area (Å²) in [4.78, 5) is 31.0. The van der Waals surface area contributed by atoms with Gasteiger partial charge in [0.2, 0.25) is 5.91 Å². The average molecular weight is 556 g/mol. The minimum atomic E-state index is -0.00436. The van der Waals surface area contributed by atoms with Crippen LogP contribution in [0.25, 0.3) is 11.1 Å². The molecule has 41 heavy (non-hydrogen) atoms. The van der Waals surface area contributed by atoms with Gasteiger partial charge in [-0.2, -0.15) is 5.10 Å². The third-order valence-electron chi connectivity index (χ3n) is 9.13. The number of benzene rings is 2. The van der Waals surface area contributed by atoms with E-state index >= 15 is 0 Å². The summed E-state index contributed by atoms with van der Waals surface area (Å²) in [6.07, 6.45) is 10.3. The van der Waals surface area contributed by atoms with Crippen LogP contribution in [0.3, 0.4) is 0 Å². The molecule has 2 aliphatic heterocycles. The SMILES string of the molecule is CCCCC(C)N1CCC(C(=O)Nc2cc(C(=O)N3CCC(c4ccc(-c5cnn(C)c5)cc4)CC3)ccc2C)C1. The van der Waals surface area contributed by atoms with Gasteiger partial charge in [0, 0.05) is 55.7 Å². The zero-order valence-corrected chi connectivity index (χ0v) is 25.1. The van der Waals surface area contributed by atoms with Gasteiger partial charge < -0.3 is 10.2 Å². The molecular formula is C34H45N5O2. The Balaban J connectivity index is 1.15. The lowest BCUT2D eigenvalue weighted by atomic mass is 9.88. The van der Waals surface area contributed by atoms with Crippen LogP contribution in [0.2, 0.25) is 0 Å². The molecule has 218 valence electrons. The molecule has 2 aromatic carbocycles. The van der Waals surface area contributed by atoms with Crippen LogP contribution >= 0.6 is 0 Å². The molecule has 0 radical (unpaired) electrons. The van der Waals surface area contributed by atoms with Crippen LogP contribution in [0, 0.1) is 12.8 Å². The molecule has 7 heteroatoms. The summed E-state index contributed by atoms with van der Waals surface area (Å²) in [5.41, 5.74) is 6.00. The van der Waals surface area contributed by atoms with Crippen molar-refractivity contribution >= 4 is 17.5 Å². The number of anilines is 1. The van der Waals surface area contributed by atoms with E-state index in [-0.39, 0.29) is 17.7 Å². The molecule has 3 heterocycles. The first kappa shape index (κ1) is 29.1. The fraction of sp³-hybridized carbons (Fsp3) is 0.500. The quantitative estimate of drug-likeness (QED) is 0.339. The van der Waals surface area contributed by atoms with Crippen LogP contribution in [-0.2, 0) is 11.8 Å². The maximum Gasteiger partial charge on any atom is 0.253 e. The molecule has 1 N–H and O–H groups in total. The minimum Gasteiger partial charge on any atom is -0.339 e. The molecule has 0 saturated carbocycles. The predicted molar refractivity (Wildman–Crippen MR) is 165 cm³/mol. The molecule has 2 atom stereocenters. The van der Waals surface area contributed by atoms with Crippen LogP contribution in [0.1, 0.15) is 79.8 Å². The number of unbranched alkanes of at least 4 members (excludes halogenated alkanes) is 1. The highest BCUT2D eigenvalue weighted by Crippen LogP contribution is 2.31. The normalized spacial score (nSPS) is 18.9. The van der Waals surface area contributed by atoms with E-state index in [4.69, 9.17) is 0 Å². The average Bonchev–Trinajstić information content (AvgIpc) is 3.67. The van der Waals surface area contributed by atoms with Gasteiger partial charge in [-0.1, -0.05) is 50.1 Å². The van der Waals surface area contributed by atoms with Gasteiger partial charge in [-0.25, -0.2) is 0 Å². The molecule has 2 amide bonds. The molecule has 0 spiro atoms. The summed E-state index contributed by atoms with van der Waals surface area (Å²) >= 11 is 0. The van der Waals surface area contributed by atoms with Gasteiger partial charge in [0.1, 0.15) is 0 Å². The maximum absolute atomic E-state index is 13.5. The van der Waals surface area contributed by atoms with Gasteiger partial charge in [-0.15, -0.1) is 0 Å². The van der Waals surface area contributed by atoms with E-state index in [1.54, 1.807) is 0 Å². The summed E-state index contributed by atoms with van der Waals surface area (Å²) in [5, 5.41) is 7.43. The molecule has 0 aliphatic carbocycles. The third kappa shape index (κ3) is 6.89. The van der Waals surface area contributed by atoms with E-state index in [9.17, 15) is 9.59 Å². The summed E-state index contributed by atoms with van der Waals surface area (Å²) < 4.78 is 1.82. The van der Waals surface area contributed by atoms with Gasteiger partial charge >= 0.3 is 0 Å². The lowest BCUT2D eigenvalue weighted by Gasteiger charge is -2.32. The smallest absolute Gasteiger partial charge is 0.253 e. The second kappa shape index (κ2) is 13.0. The number of piperidine rings is 1. The topological polar surface area (TPSA) is 70.5 Å². The number of rotatable bonds is 9. The van der Waals surface area contributed by atoms with Crippen molar-refractivity contribution < 1.29 is 9.59 Å². The molecule has 0 bridgehead atoms. The number of nitrogens with one attached hydrogen (secondary N) is 1. The van der Waals surface area contributed by atoms with Gasteiger partial charge in [0.25, 0.3) is 5.91 Å². The van der Waals surface area contributed by atoms with Crippen molar-refractivity contribution in [1.29, 1.82) is 0 Å². The maximum atomic E-state index is 13.5. The van der Waals surface area contributed by atoms with E-state index < -0.39 is 0 Å². The molecule has 2 aliphatic rings. The lowest BCUT2D eigenvalue weighted by Crippen LogP contribution is -2.38. The zero-order valence-electron chi connectivity index (χ0n) is 25.1. The number of hydrogen-bond acceptors (Lipinski definition) is 4. The van der Waals surface area contributed by atoms with Gasteiger partial charge in [-0.3, -0.25) is 19.2 Å². The lowest BCUT2D eigenvalue weighted by molar-refractivity contribution is -0.119. The summed E-state index contributed by atoms with van der Waals surface area (Å²) in [5.74, 6) is 0.557. The first-order valence-electron chi connectivity index (χ1n) is 15.4. The van der Waals surface area contributed by atoms with E-state index in [1.165, 1.54) is 30.4 Å². The molecule has 2 unspecified atom stereocenters. The number of aryl methyl sites for hydroxylation is 2. The Morgan fingerprint density at radius 2 is 1.78 bits per heavy atom. The van der Waals surface area contributed by atoms with Crippen LogP contribution in [0.4, 0.5) is 5.69 Å². The Kier molecular flexibility index (Phi) is 9.23. The molecule has 5 rings (SSSR count). The molecule has 7 nitrogen and oxygen atoms in total. The van der Waals surface area contributed by atoms with E-state index in [2.05, 4.69) is 53.4 Å². The summed E-state index contributed by atoms with van der Waals surface area (Å²) in [6, 6.07) is 15.0. The second-order valence-corrected chi connectivity index (χ2v) is 12.1.